The Kier molecular flexibility index (Phi) is 6.91. The second-order valence-electron chi connectivity index (χ2n) is 5.78. The van der Waals surface area contributed by atoms with E-state index in [4.69, 9.17) is 4.74 Å². The van der Waals surface area contributed by atoms with E-state index in [1.165, 1.54) is 12.5 Å². The van der Waals surface area contributed by atoms with E-state index in [0.717, 1.165) is 12.0 Å². The Morgan fingerprint density at radius 1 is 1.08 bits per heavy atom. The van der Waals surface area contributed by atoms with Gasteiger partial charge >= 0.3 is 0 Å². The molecule has 0 bridgehead atoms. The molecule has 6 heteroatoms. The normalized spacial score (nSPS) is 11.0. The molecule has 2 aromatic rings. The number of hydrogen-bond acceptors (Lipinski definition) is 4. The first-order valence-electron chi connectivity index (χ1n) is 8.41. The second-order valence-corrected chi connectivity index (χ2v) is 5.78. The average Bonchev–Trinajstić information content (AvgIpc) is 2.64. The molecule has 136 valence electrons. The van der Waals surface area contributed by atoms with Crippen molar-refractivity contribution in [1.29, 1.82) is 0 Å². The van der Waals surface area contributed by atoms with Gasteiger partial charge in [-0.15, -0.1) is 0 Å². The topological polar surface area (TPSA) is 79.8 Å². The molecule has 0 atom stereocenters. The fraction of sp³-hybridized carbons (Fsp3) is 0.250. The molecule has 0 aliphatic carbocycles. The van der Waals surface area contributed by atoms with E-state index in [1.54, 1.807) is 19.1 Å². The minimum atomic E-state index is -0.345. The van der Waals surface area contributed by atoms with Crippen molar-refractivity contribution in [2.75, 3.05) is 11.9 Å². The Bertz CT molecular complexity index is 798. The molecule has 26 heavy (non-hydrogen) atoms. The fourth-order valence-electron chi connectivity index (χ4n) is 2.24. The minimum Gasteiger partial charge on any atom is -0.484 e. The summed E-state index contributed by atoms with van der Waals surface area (Å²) in [5, 5.41) is 6.79. The van der Waals surface area contributed by atoms with E-state index < -0.39 is 0 Å². The number of ether oxygens (including phenoxy) is 1. The monoisotopic (exact) mass is 353 g/mol. The van der Waals surface area contributed by atoms with Crippen LogP contribution >= 0.6 is 0 Å². The van der Waals surface area contributed by atoms with Gasteiger partial charge in [-0.3, -0.25) is 9.59 Å². The standard InChI is InChI=1S/C20H23N3O3/c1-4-16-8-10-19(11-9-16)26-13-20(25)23-22-14(2)17-6-5-7-18(12-17)21-15(3)24/h5-12H,4,13H2,1-3H3,(H,21,24)(H,23,25)/b22-14-. The summed E-state index contributed by atoms with van der Waals surface area (Å²) in [6.45, 7) is 5.19. The van der Waals surface area contributed by atoms with Crippen LogP contribution in [0.25, 0.3) is 0 Å². The Morgan fingerprint density at radius 2 is 1.81 bits per heavy atom. The lowest BCUT2D eigenvalue weighted by Crippen LogP contribution is -2.25. The van der Waals surface area contributed by atoms with Gasteiger partial charge in [-0.1, -0.05) is 31.2 Å². The van der Waals surface area contributed by atoms with Crippen LogP contribution in [0.2, 0.25) is 0 Å². The van der Waals surface area contributed by atoms with Crippen LogP contribution in [0, 0.1) is 0 Å². The predicted octanol–water partition coefficient (Wildman–Crippen LogP) is 3.13. The van der Waals surface area contributed by atoms with Crippen molar-refractivity contribution in [3.05, 3.63) is 59.7 Å². The van der Waals surface area contributed by atoms with Crippen molar-refractivity contribution in [2.45, 2.75) is 27.2 Å². The molecule has 0 aliphatic heterocycles. The smallest absolute Gasteiger partial charge is 0.277 e. The third-order valence-electron chi connectivity index (χ3n) is 3.65. The molecule has 0 aromatic heterocycles. The average molecular weight is 353 g/mol. The third kappa shape index (κ3) is 6.05. The summed E-state index contributed by atoms with van der Waals surface area (Å²) in [5.41, 5.74) is 5.78. The Morgan fingerprint density at radius 3 is 2.46 bits per heavy atom. The number of rotatable bonds is 7. The van der Waals surface area contributed by atoms with Gasteiger partial charge in [0.15, 0.2) is 6.61 Å². The molecule has 2 aromatic carbocycles. The molecule has 2 rings (SSSR count). The highest BCUT2D eigenvalue weighted by Crippen LogP contribution is 2.13. The molecule has 0 saturated carbocycles. The van der Waals surface area contributed by atoms with Crippen molar-refractivity contribution in [2.24, 2.45) is 5.10 Å². The maximum atomic E-state index is 11.9. The van der Waals surface area contributed by atoms with E-state index >= 15 is 0 Å². The maximum absolute atomic E-state index is 11.9. The zero-order valence-corrected chi connectivity index (χ0v) is 15.2. The third-order valence-corrected chi connectivity index (χ3v) is 3.65. The zero-order chi connectivity index (χ0) is 18.9. The Labute approximate surface area is 153 Å². The molecule has 0 saturated heterocycles. The van der Waals surface area contributed by atoms with Crippen LogP contribution in [0.4, 0.5) is 5.69 Å². The van der Waals surface area contributed by atoms with Gasteiger partial charge in [0, 0.05) is 12.6 Å². The number of carbonyl (C=O) groups is 2. The molecule has 6 nitrogen and oxygen atoms in total. The highest BCUT2D eigenvalue weighted by Gasteiger charge is 2.04. The molecule has 0 aliphatic rings. The van der Waals surface area contributed by atoms with Gasteiger partial charge in [-0.05, 0) is 48.7 Å². The van der Waals surface area contributed by atoms with Crippen LogP contribution in [0.15, 0.2) is 53.6 Å². The van der Waals surface area contributed by atoms with Crippen LogP contribution in [0.5, 0.6) is 5.75 Å². The van der Waals surface area contributed by atoms with Crippen LogP contribution in [0.1, 0.15) is 31.9 Å². The highest BCUT2D eigenvalue weighted by atomic mass is 16.5. The van der Waals surface area contributed by atoms with Gasteiger partial charge in [0.05, 0.1) is 5.71 Å². The molecular formula is C20H23N3O3. The summed E-state index contributed by atoms with van der Waals surface area (Å²) in [4.78, 5) is 23.0. The van der Waals surface area contributed by atoms with Crippen LogP contribution < -0.4 is 15.5 Å². The first kappa shape index (κ1) is 19.2. The van der Waals surface area contributed by atoms with Gasteiger partial charge in [0.25, 0.3) is 5.91 Å². The summed E-state index contributed by atoms with van der Waals surface area (Å²) in [6, 6.07) is 14.9. The lowest BCUT2D eigenvalue weighted by Gasteiger charge is -2.07. The quantitative estimate of drug-likeness (QED) is 0.593. The largest absolute Gasteiger partial charge is 0.484 e. The van der Waals surface area contributed by atoms with Crippen molar-refractivity contribution in [3.63, 3.8) is 0 Å². The Hall–Kier alpha value is -3.15. The number of aryl methyl sites for hydroxylation is 1. The Balaban J connectivity index is 1.89. The van der Waals surface area contributed by atoms with E-state index in [9.17, 15) is 9.59 Å². The van der Waals surface area contributed by atoms with Gasteiger partial charge in [0.1, 0.15) is 5.75 Å². The predicted molar refractivity (Wildman–Crippen MR) is 102 cm³/mol. The van der Waals surface area contributed by atoms with E-state index in [0.29, 0.717) is 17.1 Å². The van der Waals surface area contributed by atoms with Crippen LogP contribution in [-0.4, -0.2) is 24.1 Å². The maximum Gasteiger partial charge on any atom is 0.277 e. The van der Waals surface area contributed by atoms with Crippen LogP contribution in [0.3, 0.4) is 0 Å². The summed E-state index contributed by atoms with van der Waals surface area (Å²) < 4.78 is 5.44. The van der Waals surface area contributed by atoms with Crippen molar-refractivity contribution < 1.29 is 14.3 Å². The number of amides is 2. The zero-order valence-electron chi connectivity index (χ0n) is 15.2. The fourth-order valence-corrected chi connectivity index (χ4v) is 2.24. The van der Waals surface area contributed by atoms with E-state index in [-0.39, 0.29) is 18.4 Å². The first-order valence-corrected chi connectivity index (χ1v) is 8.41. The van der Waals surface area contributed by atoms with Crippen molar-refractivity contribution in [3.8, 4) is 5.75 Å². The lowest BCUT2D eigenvalue weighted by atomic mass is 10.1. The number of anilines is 1. The number of carbonyl (C=O) groups excluding carboxylic acids is 2. The molecular weight excluding hydrogens is 330 g/mol. The van der Waals surface area contributed by atoms with E-state index in [1.807, 2.05) is 36.4 Å². The number of benzene rings is 2. The number of hydrazone groups is 1. The number of hydrogen-bond donors (Lipinski definition) is 2. The van der Waals surface area contributed by atoms with Crippen molar-refractivity contribution in [1.82, 2.24) is 5.43 Å². The number of nitrogens with zero attached hydrogens (tertiary/aromatic N) is 1. The molecule has 2 amide bonds. The summed E-state index contributed by atoms with van der Waals surface area (Å²) in [5.74, 6) is 0.150. The second kappa shape index (κ2) is 9.36. The van der Waals surface area contributed by atoms with Gasteiger partial charge < -0.3 is 10.1 Å². The van der Waals surface area contributed by atoms with Crippen LogP contribution in [-0.2, 0) is 16.0 Å². The summed E-state index contributed by atoms with van der Waals surface area (Å²) in [7, 11) is 0. The lowest BCUT2D eigenvalue weighted by molar-refractivity contribution is -0.123. The van der Waals surface area contributed by atoms with Crippen molar-refractivity contribution >= 4 is 23.2 Å². The molecule has 0 heterocycles. The van der Waals surface area contributed by atoms with Gasteiger partial charge in [-0.2, -0.15) is 5.10 Å². The summed E-state index contributed by atoms with van der Waals surface area (Å²) >= 11 is 0. The molecule has 0 spiro atoms. The summed E-state index contributed by atoms with van der Waals surface area (Å²) in [6.07, 6.45) is 0.956. The van der Waals surface area contributed by atoms with E-state index in [2.05, 4.69) is 22.8 Å². The minimum absolute atomic E-state index is 0.117. The highest BCUT2D eigenvalue weighted by molar-refractivity contribution is 6.00. The molecule has 0 unspecified atom stereocenters. The molecule has 0 fully saturated rings. The molecule has 0 radical (unpaired) electrons. The van der Waals surface area contributed by atoms with Gasteiger partial charge in [0.2, 0.25) is 5.91 Å². The first-order chi connectivity index (χ1) is 12.5. The SMILES string of the molecule is CCc1ccc(OCC(=O)N/N=C(/C)c2cccc(NC(C)=O)c2)cc1. The molecule has 2 N–H and O–H groups in total. The van der Waals surface area contributed by atoms with Gasteiger partial charge in [-0.25, -0.2) is 5.43 Å². The number of nitrogens with one attached hydrogen (secondary N) is 2.